The van der Waals surface area contributed by atoms with Crippen LogP contribution in [0.2, 0.25) is 0 Å². The molecule has 0 saturated carbocycles. The lowest BCUT2D eigenvalue weighted by molar-refractivity contribution is -0.151. The summed E-state index contributed by atoms with van der Waals surface area (Å²) >= 11 is 0. The molecule has 2 rings (SSSR count). The summed E-state index contributed by atoms with van der Waals surface area (Å²) in [6.45, 7) is -1.93. The Morgan fingerprint density at radius 3 is 1.91 bits per heavy atom. The highest BCUT2D eigenvalue weighted by atomic mass is 16.6. The average molecular weight is 483 g/mol. The van der Waals surface area contributed by atoms with Crippen molar-refractivity contribution in [1.29, 1.82) is 0 Å². The summed E-state index contributed by atoms with van der Waals surface area (Å²) in [6, 6.07) is 8.93. The third kappa shape index (κ3) is 6.31. The zero-order valence-electron chi connectivity index (χ0n) is 17.6. The monoisotopic (exact) mass is 483 g/mol. The molecule has 6 atom stereocenters. The minimum absolute atomic E-state index is 0.413. The summed E-state index contributed by atoms with van der Waals surface area (Å²) in [5.74, 6) is -4.54. The number of amides is 2. The Balaban J connectivity index is 2.31. The number of hydrogen-bond donors (Lipinski definition) is 9. The highest BCUT2D eigenvalue weighted by Crippen LogP contribution is 2.27. The maximum Gasteiger partial charge on any atom is 0.343 e. The molecule has 2 amide bonds. The van der Waals surface area contributed by atoms with E-state index in [1.807, 2.05) is 0 Å². The summed E-state index contributed by atoms with van der Waals surface area (Å²) in [7, 11) is 0. The van der Waals surface area contributed by atoms with Gasteiger partial charge in [0, 0.05) is 0 Å². The second kappa shape index (κ2) is 11.9. The van der Waals surface area contributed by atoms with Crippen LogP contribution in [0, 0.1) is 0 Å². The van der Waals surface area contributed by atoms with E-state index in [1.165, 1.54) is 12.1 Å². The van der Waals surface area contributed by atoms with E-state index < -0.39 is 78.9 Å². The third-order valence-electron chi connectivity index (χ3n) is 4.86. The molecule has 0 aliphatic carbocycles. The van der Waals surface area contributed by atoms with Crippen molar-refractivity contribution in [3.63, 3.8) is 0 Å². The summed E-state index contributed by atoms with van der Waals surface area (Å²) in [5.41, 5.74) is -0.413. The van der Waals surface area contributed by atoms with Crippen LogP contribution in [0.15, 0.2) is 36.4 Å². The molecule has 0 unspecified atom stereocenters. The van der Waals surface area contributed by atoms with Gasteiger partial charge in [0.25, 0.3) is 11.8 Å². The van der Waals surface area contributed by atoms with Gasteiger partial charge >= 0.3 is 5.97 Å². The molecule has 0 radical (unpaired) electrons. The first-order valence-electron chi connectivity index (χ1n) is 9.91. The molecule has 0 fully saturated rings. The van der Waals surface area contributed by atoms with Crippen molar-refractivity contribution < 1.29 is 60.0 Å². The normalized spacial score (nSPS) is 16.7. The third-order valence-corrected chi connectivity index (χ3v) is 4.86. The van der Waals surface area contributed by atoms with E-state index in [4.69, 9.17) is 14.9 Å². The van der Waals surface area contributed by atoms with Crippen LogP contribution in [0.3, 0.4) is 0 Å². The lowest BCUT2D eigenvalue weighted by atomic mass is 10.0. The van der Waals surface area contributed by atoms with Crippen molar-refractivity contribution in [3.8, 4) is 5.75 Å². The molecule has 13 nitrogen and oxygen atoms in total. The SMILES string of the molecule is O=C(NC(=O)[C@H](O)[C@@H](O)[C@H](O)[C@H](O)CO)c1cc2ccccc2cc1OC(=O)[C@H](O)[C@@H](O)CO. The zero-order chi connectivity index (χ0) is 25.6. The molecular weight excluding hydrogens is 458 g/mol. The molecule has 34 heavy (non-hydrogen) atoms. The average Bonchev–Trinajstić information content (AvgIpc) is 2.84. The summed E-state index contributed by atoms with van der Waals surface area (Å²) in [4.78, 5) is 37.1. The van der Waals surface area contributed by atoms with Gasteiger partial charge < -0.3 is 45.6 Å². The Hall–Kier alpha value is -3.01. The molecule has 186 valence electrons. The summed E-state index contributed by atoms with van der Waals surface area (Å²) in [5, 5.41) is 78.2. The van der Waals surface area contributed by atoms with Crippen LogP contribution in [0.25, 0.3) is 10.8 Å². The molecule has 0 bridgehead atoms. The fourth-order valence-electron chi connectivity index (χ4n) is 2.84. The van der Waals surface area contributed by atoms with Gasteiger partial charge in [-0.05, 0) is 22.9 Å². The fourth-order valence-corrected chi connectivity index (χ4v) is 2.84. The maximum absolute atomic E-state index is 12.7. The number of imide groups is 1. The van der Waals surface area contributed by atoms with Gasteiger partial charge in [0.1, 0.15) is 30.2 Å². The van der Waals surface area contributed by atoms with Crippen molar-refractivity contribution in [1.82, 2.24) is 5.32 Å². The Labute approximate surface area is 192 Å². The number of ether oxygens (including phenoxy) is 1. The van der Waals surface area contributed by atoms with E-state index in [-0.39, 0.29) is 0 Å². The van der Waals surface area contributed by atoms with Crippen molar-refractivity contribution >= 4 is 28.6 Å². The topological polar surface area (TPSA) is 234 Å². The zero-order valence-corrected chi connectivity index (χ0v) is 17.6. The van der Waals surface area contributed by atoms with Crippen molar-refractivity contribution in [2.75, 3.05) is 13.2 Å². The Kier molecular flexibility index (Phi) is 9.55. The van der Waals surface area contributed by atoms with E-state index in [0.717, 1.165) is 0 Å². The van der Waals surface area contributed by atoms with Crippen LogP contribution < -0.4 is 10.1 Å². The largest absolute Gasteiger partial charge is 0.424 e. The molecule has 0 saturated heterocycles. The van der Waals surface area contributed by atoms with Gasteiger partial charge in [-0.3, -0.25) is 14.9 Å². The van der Waals surface area contributed by atoms with E-state index in [0.29, 0.717) is 10.8 Å². The highest BCUT2D eigenvalue weighted by molar-refractivity contribution is 6.09. The number of nitrogens with one attached hydrogen (secondary N) is 1. The predicted molar refractivity (Wildman–Crippen MR) is 112 cm³/mol. The number of hydrogen-bond acceptors (Lipinski definition) is 12. The van der Waals surface area contributed by atoms with Crippen LogP contribution in [0.4, 0.5) is 0 Å². The molecule has 0 aromatic heterocycles. The fraction of sp³-hybridized carbons (Fsp3) is 0.381. The van der Waals surface area contributed by atoms with E-state index in [2.05, 4.69) is 0 Å². The second-order valence-electron chi connectivity index (χ2n) is 7.31. The van der Waals surface area contributed by atoms with Gasteiger partial charge in [-0.1, -0.05) is 24.3 Å². The van der Waals surface area contributed by atoms with Crippen LogP contribution in [0.5, 0.6) is 5.75 Å². The minimum Gasteiger partial charge on any atom is -0.424 e. The first-order valence-corrected chi connectivity index (χ1v) is 9.91. The summed E-state index contributed by atoms with van der Waals surface area (Å²) in [6.07, 6.45) is -12.7. The minimum atomic E-state index is -2.40. The van der Waals surface area contributed by atoms with Crippen molar-refractivity contribution in [2.45, 2.75) is 36.6 Å². The predicted octanol–water partition coefficient (Wildman–Crippen LogP) is -3.85. The van der Waals surface area contributed by atoms with Crippen molar-refractivity contribution in [3.05, 3.63) is 42.0 Å². The molecule has 2 aromatic rings. The number of esters is 1. The molecule has 9 N–H and O–H groups in total. The highest BCUT2D eigenvalue weighted by Gasteiger charge is 2.35. The number of carbonyl (C=O) groups excluding carboxylic acids is 3. The number of carbonyl (C=O) groups is 3. The Morgan fingerprint density at radius 1 is 0.794 bits per heavy atom. The van der Waals surface area contributed by atoms with E-state index >= 15 is 0 Å². The van der Waals surface area contributed by atoms with Gasteiger partial charge in [0.15, 0.2) is 12.2 Å². The maximum atomic E-state index is 12.7. The summed E-state index contributed by atoms with van der Waals surface area (Å²) < 4.78 is 4.99. The Bertz CT molecular complexity index is 1030. The van der Waals surface area contributed by atoms with Crippen LogP contribution in [0.1, 0.15) is 10.4 Å². The van der Waals surface area contributed by atoms with Gasteiger partial charge in [-0.2, -0.15) is 0 Å². The molecule has 2 aromatic carbocycles. The first kappa shape index (κ1) is 27.2. The number of rotatable bonds is 10. The van der Waals surface area contributed by atoms with Crippen LogP contribution in [-0.2, 0) is 9.59 Å². The molecule has 0 heterocycles. The van der Waals surface area contributed by atoms with Gasteiger partial charge in [-0.25, -0.2) is 4.79 Å². The van der Waals surface area contributed by atoms with Gasteiger partial charge in [0.2, 0.25) is 0 Å². The number of aliphatic hydroxyl groups excluding tert-OH is 8. The Morgan fingerprint density at radius 2 is 1.35 bits per heavy atom. The van der Waals surface area contributed by atoms with Crippen LogP contribution in [-0.4, -0.2) is 108 Å². The van der Waals surface area contributed by atoms with E-state index in [1.54, 1.807) is 29.6 Å². The standard InChI is InChI=1S/C21H25NO12/c23-7-12(25)15(27)17(29)18(30)20(32)22-19(31)11-5-9-3-1-2-4-10(9)6-14(11)34-21(33)16(28)13(26)8-24/h1-6,12-13,15-18,23-30H,7-8H2,(H,22,31,32)/t12-,13+,15-,16-,17+,18-/m1/s1. The number of aliphatic hydroxyl groups is 8. The lowest BCUT2D eigenvalue weighted by Crippen LogP contribution is -2.52. The first-order chi connectivity index (χ1) is 16.0. The second-order valence-corrected chi connectivity index (χ2v) is 7.31. The van der Waals surface area contributed by atoms with Gasteiger partial charge in [-0.15, -0.1) is 0 Å². The number of fused-ring (bicyclic) bond motifs is 1. The quantitative estimate of drug-likeness (QED) is 0.117. The molecule has 0 aliphatic rings. The number of benzene rings is 2. The van der Waals surface area contributed by atoms with E-state index in [9.17, 15) is 45.0 Å². The van der Waals surface area contributed by atoms with Crippen LogP contribution >= 0.6 is 0 Å². The molecule has 13 heteroatoms. The molecular formula is C21H25NO12. The molecule has 0 aliphatic heterocycles. The smallest absolute Gasteiger partial charge is 0.343 e. The van der Waals surface area contributed by atoms with Gasteiger partial charge in [0.05, 0.1) is 18.8 Å². The van der Waals surface area contributed by atoms with Crippen molar-refractivity contribution in [2.24, 2.45) is 0 Å². The molecule has 0 spiro atoms. The lowest BCUT2D eigenvalue weighted by Gasteiger charge is -2.24.